The van der Waals surface area contributed by atoms with Crippen LogP contribution in [0.3, 0.4) is 0 Å². The van der Waals surface area contributed by atoms with Gasteiger partial charge in [-0.05, 0) is 72.8 Å². The van der Waals surface area contributed by atoms with Gasteiger partial charge < -0.3 is 32.1 Å². The van der Waals surface area contributed by atoms with Gasteiger partial charge in [0.05, 0.1) is 58.7 Å². The third-order valence-corrected chi connectivity index (χ3v) is 12.4. The number of sulfone groups is 1. The van der Waals surface area contributed by atoms with Crippen LogP contribution in [-0.4, -0.2) is 104 Å². The largest absolute Gasteiger partial charge is 0.397 e. The predicted molar refractivity (Wildman–Crippen MR) is 229 cm³/mol. The Morgan fingerprint density at radius 3 is 2.00 bits per heavy atom. The van der Waals surface area contributed by atoms with Gasteiger partial charge in [-0.25, -0.2) is 22.7 Å². The zero-order valence-corrected chi connectivity index (χ0v) is 37.1. The molecular formula is C32H31FN12O17S5. The zero-order valence-electron chi connectivity index (χ0n) is 33.0. The molecule has 29 nitrogen and oxygen atoms in total. The number of aliphatic hydroxyl groups is 1. The quantitative estimate of drug-likeness (QED) is 0.0147. The first-order valence-corrected chi connectivity index (χ1v) is 24.3. The van der Waals surface area contributed by atoms with Crippen molar-refractivity contribution in [3.63, 3.8) is 0 Å². The Kier molecular flexibility index (Phi) is 16.8. The SMILES string of the molecule is NC(=O)Nc1cc(Nc2nc(F)nc(Nc3cc(NCCO)c(S(=O)(=O)O)cc3N=Nc3ccc(S(=O)(=O)CCOS(=O)(=O)O)cc3)n2)ccc1N=Nc1ccc(SOOO)cc1S(=O)(=O)O. The maximum absolute atomic E-state index is 15.0. The van der Waals surface area contributed by atoms with Gasteiger partial charge in [0.25, 0.3) is 20.2 Å². The first-order valence-electron chi connectivity index (χ1n) is 17.6. The summed E-state index contributed by atoms with van der Waals surface area (Å²) in [6.07, 6.45) is -1.38. The molecule has 0 radical (unpaired) electrons. The molecule has 0 aliphatic rings. The van der Waals surface area contributed by atoms with Crippen molar-refractivity contribution in [2.24, 2.45) is 26.2 Å². The number of halogens is 1. The molecule has 4 aromatic carbocycles. The van der Waals surface area contributed by atoms with Crippen LogP contribution in [0.2, 0.25) is 0 Å². The Bertz CT molecular complexity index is 3170. The van der Waals surface area contributed by atoms with Crippen molar-refractivity contribution in [3.05, 3.63) is 78.9 Å². The molecule has 5 rings (SSSR count). The van der Waals surface area contributed by atoms with Gasteiger partial charge in [0.2, 0.25) is 11.9 Å². The lowest BCUT2D eigenvalue weighted by Gasteiger charge is -2.15. The maximum Gasteiger partial charge on any atom is 0.397 e. The molecule has 11 N–H and O–H groups in total. The van der Waals surface area contributed by atoms with E-state index in [0.717, 1.165) is 36.4 Å². The fraction of sp³-hybridized carbons (Fsp3) is 0.125. The van der Waals surface area contributed by atoms with E-state index in [2.05, 4.69) is 70.2 Å². The highest BCUT2D eigenvalue weighted by atomic mass is 32.3. The number of benzene rings is 4. The van der Waals surface area contributed by atoms with Crippen molar-refractivity contribution in [2.45, 2.75) is 19.6 Å². The molecule has 5 aromatic rings. The van der Waals surface area contributed by atoms with Crippen LogP contribution in [0.1, 0.15) is 0 Å². The van der Waals surface area contributed by atoms with E-state index in [1.165, 1.54) is 36.4 Å². The maximum atomic E-state index is 15.0. The summed E-state index contributed by atoms with van der Waals surface area (Å²) < 4.78 is 147. The second kappa shape index (κ2) is 21.9. The van der Waals surface area contributed by atoms with Crippen LogP contribution in [0.25, 0.3) is 0 Å². The number of nitrogens with zero attached hydrogens (tertiary/aromatic N) is 7. The minimum Gasteiger partial charge on any atom is -0.395 e. The Balaban J connectivity index is 1.46. The highest BCUT2D eigenvalue weighted by molar-refractivity contribution is 7.94. The number of urea groups is 1. The molecule has 0 bridgehead atoms. The topological polar surface area (TPSA) is 445 Å². The first kappa shape index (κ1) is 51.5. The number of carbonyl (C=O) groups excluding carboxylic acids is 1. The summed E-state index contributed by atoms with van der Waals surface area (Å²) in [5, 5.41) is 47.1. The summed E-state index contributed by atoms with van der Waals surface area (Å²) in [6, 6.07) is 12.3. The predicted octanol–water partition coefficient (Wildman–Crippen LogP) is 4.74. The molecule has 35 heteroatoms. The van der Waals surface area contributed by atoms with Crippen LogP contribution in [0.5, 0.6) is 0 Å². The van der Waals surface area contributed by atoms with E-state index in [1.807, 2.05) is 0 Å². The standard InChI is InChI=1S/C32H31FN12O17S5/c33-29-39-31(36-18-3-7-21(23(13-18)37-30(34)47)43-44-22-8-4-19(63-62-61-48)14-27(22)65(51,52)53)41-32(40-29)38-24-15-26(35-9-10-46)28(66(54,55)56)16-25(24)45-42-17-1-5-20(6-2-17)64(49,50)12-11-60-67(57,58)59/h1-8,13-16,35,46,48H,9-12H2,(H3,34,37,47)(H,51,52,53)(H,54,55,56)(H,57,58,59)(H2,36,38,39,40,41). The van der Waals surface area contributed by atoms with Gasteiger partial charge in [0.15, 0.2) is 9.84 Å². The number of rotatable bonds is 22. The van der Waals surface area contributed by atoms with Gasteiger partial charge in [0, 0.05) is 17.1 Å². The molecule has 0 fully saturated rings. The lowest BCUT2D eigenvalue weighted by Crippen LogP contribution is -2.19. The van der Waals surface area contributed by atoms with Gasteiger partial charge in [0.1, 0.15) is 26.9 Å². The Hall–Kier alpha value is -6.48. The van der Waals surface area contributed by atoms with Crippen LogP contribution in [-0.2, 0) is 54.0 Å². The molecule has 0 atom stereocenters. The summed E-state index contributed by atoms with van der Waals surface area (Å²) in [5.74, 6) is -1.87. The number of hydrogen-bond donors (Lipinski definition) is 10. The molecule has 0 spiro atoms. The molecule has 2 amide bonds. The Morgan fingerprint density at radius 1 is 0.731 bits per heavy atom. The van der Waals surface area contributed by atoms with E-state index in [4.69, 9.17) is 15.5 Å². The summed E-state index contributed by atoms with van der Waals surface area (Å²) >= 11 is 0.387. The number of anilines is 6. The molecular weight excluding hydrogens is 1000 g/mol. The second-order valence-corrected chi connectivity index (χ2v) is 19.3. The molecule has 0 unspecified atom stereocenters. The van der Waals surface area contributed by atoms with E-state index in [9.17, 15) is 57.1 Å². The van der Waals surface area contributed by atoms with E-state index in [0.29, 0.717) is 12.0 Å². The van der Waals surface area contributed by atoms with Gasteiger partial charge in [-0.3, -0.25) is 13.7 Å². The van der Waals surface area contributed by atoms with Gasteiger partial charge in [-0.1, -0.05) is 5.04 Å². The monoisotopic (exact) mass is 1030 g/mol. The van der Waals surface area contributed by atoms with E-state index >= 15 is 0 Å². The van der Waals surface area contributed by atoms with Gasteiger partial charge >= 0.3 is 22.5 Å². The van der Waals surface area contributed by atoms with Crippen molar-refractivity contribution in [2.75, 3.05) is 46.8 Å². The van der Waals surface area contributed by atoms with Gasteiger partial charge in [-0.15, -0.1) is 19.7 Å². The van der Waals surface area contributed by atoms with Crippen molar-refractivity contribution >= 4 is 116 Å². The summed E-state index contributed by atoms with van der Waals surface area (Å²) in [4.78, 5) is 21.4. The molecule has 67 heavy (non-hydrogen) atoms. The minimum absolute atomic E-state index is 0.0252. The fourth-order valence-electron chi connectivity index (χ4n) is 5.14. The van der Waals surface area contributed by atoms with Crippen LogP contribution >= 0.6 is 12.0 Å². The number of aliphatic hydroxyl groups excluding tert-OH is 1. The molecule has 0 aliphatic carbocycles. The third-order valence-electron chi connectivity index (χ3n) is 7.86. The van der Waals surface area contributed by atoms with Crippen LogP contribution < -0.4 is 27.0 Å². The molecule has 358 valence electrons. The van der Waals surface area contributed by atoms with Crippen molar-refractivity contribution in [3.8, 4) is 0 Å². The number of hydrogen-bond acceptors (Lipinski definition) is 25. The van der Waals surface area contributed by atoms with Crippen molar-refractivity contribution in [1.82, 2.24) is 15.0 Å². The molecule has 1 heterocycles. The normalized spacial score (nSPS) is 12.4. The average Bonchev–Trinajstić information content (AvgIpc) is 3.23. The van der Waals surface area contributed by atoms with Gasteiger partial charge in [-0.2, -0.15) is 49.7 Å². The lowest BCUT2D eigenvalue weighted by molar-refractivity contribution is -0.432. The van der Waals surface area contributed by atoms with Crippen LogP contribution in [0.4, 0.5) is 66.6 Å². The van der Waals surface area contributed by atoms with E-state index < -0.39 is 93.2 Å². The molecule has 0 saturated carbocycles. The zero-order chi connectivity index (χ0) is 49.2. The Labute approximate surface area is 381 Å². The smallest absolute Gasteiger partial charge is 0.395 e. The van der Waals surface area contributed by atoms with Crippen LogP contribution in [0, 0.1) is 6.08 Å². The highest BCUT2D eigenvalue weighted by Crippen LogP contribution is 2.38. The lowest BCUT2D eigenvalue weighted by atomic mass is 10.2. The highest BCUT2D eigenvalue weighted by Gasteiger charge is 2.22. The average molecular weight is 1040 g/mol. The molecule has 1 aromatic heterocycles. The molecule has 0 aliphatic heterocycles. The summed E-state index contributed by atoms with van der Waals surface area (Å²) in [5.41, 5.74) is 3.81. The fourth-order valence-corrected chi connectivity index (χ4v) is 8.42. The number of carbonyl (C=O) groups is 1. The summed E-state index contributed by atoms with van der Waals surface area (Å²) in [7, 11) is -18.9. The van der Waals surface area contributed by atoms with Crippen molar-refractivity contribution < 1.29 is 80.4 Å². The Morgan fingerprint density at radius 2 is 1.37 bits per heavy atom. The number of nitrogens with two attached hydrogens (primary N) is 1. The summed E-state index contributed by atoms with van der Waals surface area (Å²) in [6.45, 7) is -1.61. The number of amides is 2. The van der Waals surface area contributed by atoms with E-state index in [1.54, 1.807) is 0 Å². The second-order valence-electron chi connectivity index (χ2n) is 12.5. The third kappa shape index (κ3) is 15.3. The first-order chi connectivity index (χ1) is 31.4. The van der Waals surface area contributed by atoms with E-state index in [-0.39, 0.29) is 61.8 Å². The minimum atomic E-state index is -5.00. The number of aromatic nitrogens is 3. The number of primary amides is 1. The number of azo groups is 2. The molecule has 0 saturated heterocycles. The number of nitrogens with one attached hydrogen (secondary N) is 4. The van der Waals surface area contributed by atoms with Crippen molar-refractivity contribution in [1.29, 1.82) is 0 Å². The van der Waals surface area contributed by atoms with Crippen LogP contribution in [0.15, 0.2) is 113 Å².